The van der Waals surface area contributed by atoms with E-state index in [4.69, 9.17) is 0 Å². The molecule has 0 atom stereocenters. The fourth-order valence-electron chi connectivity index (χ4n) is 7.11. The Morgan fingerprint density at radius 3 is 2.04 bits per heavy atom. The van der Waals surface area contributed by atoms with Crippen molar-refractivity contribution >= 4 is 92.1 Å². The summed E-state index contributed by atoms with van der Waals surface area (Å²) < 4.78 is 68.6. The Morgan fingerprint density at radius 1 is 0.863 bits per heavy atom. The third-order valence-corrected chi connectivity index (χ3v) is 12.7. The molecule has 16 heteroatoms. The molecule has 0 spiro atoms. The lowest BCUT2D eigenvalue weighted by atomic mass is 9.80. The number of rotatable bonds is 11. The van der Waals surface area contributed by atoms with Gasteiger partial charge in [-0.1, -0.05) is 26.0 Å². The second-order valence-corrected chi connectivity index (χ2v) is 18.3. The van der Waals surface area contributed by atoms with Gasteiger partial charge in [0.25, 0.3) is 20.2 Å². The van der Waals surface area contributed by atoms with Gasteiger partial charge in [-0.25, -0.2) is 9.59 Å². The number of allylic oxidation sites excluding steroid dienone is 4. The van der Waals surface area contributed by atoms with Gasteiger partial charge in [-0.2, -0.15) is 21.4 Å². The molecule has 4 heterocycles. The Bertz CT molecular complexity index is 2500. The Hall–Kier alpha value is -4.19. The zero-order chi connectivity index (χ0) is 37.3. The maximum atomic E-state index is 12.3. The van der Waals surface area contributed by atoms with Gasteiger partial charge >= 0.3 is 11.9 Å². The van der Waals surface area contributed by atoms with Gasteiger partial charge in [-0.3, -0.25) is 9.11 Å². The van der Waals surface area contributed by atoms with E-state index in [1.54, 1.807) is 34.7 Å². The van der Waals surface area contributed by atoms with Crippen LogP contribution in [0.4, 0.5) is 11.4 Å². The third kappa shape index (κ3) is 6.56. The lowest BCUT2D eigenvalue weighted by molar-refractivity contribution is -0.435. The number of carbonyl (C=O) groups is 2. The summed E-state index contributed by atoms with van der Waals surface area (Å²) in [6, 6.07) is 6.96. The standard InChI is InChI=1S/C35H34N2O10S4/c1-34(2)24-18-22(32(38)39)30-20(10-14-48-30)28(24)36(12-6-16-50(42,43)44)26(34)8-5-9-27-35(3,4)25-19-23(33(40)41)31-21(11-15-49-31)29(25)37(27)13-7-17-51(45,46)47/h5-6,8-12,14-15,18-19H,7,13,16-17H2,1-4H3,(H3-,38,39,40,41,42,43,44,45,46,47)/p+1/b12-6+. The van der Waals surface area contributed by atoms with Crippen LogP contribution in [0.5, 0.6) is 0 Å². The fourth-order valence-corrected chi connectivity index (χ4v) is 9.74. The van der Waals surface area contributed by atoms with Crippen molar-refractivity contribution in [3.8, 4) is 0 Å². The summed E-state index contributed by atoms with van der Waals surface area (Å²) in [6.07, 6.45) is 8.45. The molecule has 2 aliphatic heterocycles. The zero-order valence-electron chi connectivity index (χ0n) is 27.9. The number of fused-ring (bicyclic) bond motifs is 6. The molecule has 12 nitrogen and oxygen atoms in total. The van der Waals surface area contributed by atoms with Crippen LogP contribution in [0.25, 0.3) is 20.2 Å². The van der Waals surface area contributed by atoms with Gasteiger partial charge in [-0.15, -0.1) is 22.7 Å². The van der Waals surface area contributed by atoms with E-state index in [0.29, 0.717) is 37.1 Å². The Balaban J connectivity index is 1.53. The molecule has 2 aromatic carbocycles. The van der Waals surface area contributed by atoms with E-state index in [1.807, 2.05) is 61.9 Å². The van der Waals surface area contributed by atoms with Crippen LogP contribution < -0.4 is 4.90 Å². The van der Waals surface area contributed by atoms with E-state index in [0.717, 1.165) is 17.0 Å². The largest absolute Gasteiger partial charge is 0.478 e. The smallest absolute Gasteiger partial charge is 0.337 e. The van der Waals surface area contributed by atoms with Crippen molar-refractivity contribution in [2.45, 2.75) is 44.9 Å². The number of aromatic carboxylic acids is 2. The van der Waals surface area contributed by atoms with Crippen LogP contribution in [-0.2, 0) is 31.1 Å². The Morgan fingerprint density at radius 2 is 1.45 bits per heavy atom. The first-order valence-electron chi connectivity index (χ1n) is 15.7. The Labute approximate surface area is 302 Å². The highest BCUT2D eigenvalue weighted by Crippen LogP contribution is 2.53. The molecule has 4 aromatic rings. The van der Waals surface area contributed by atoms with E-state index in [-0.39, 0.29) is 24.1 Å². The minimum absolute atomic E-state index is 0.0936. The van der Waals surface area contributed by atoms with Crippen molar-refractivity contribution in [2.75, 3.05) is 23.0 Å². The number of carboxylic acids is 2. The number of benzene rings is 2. The average Bonchev–Trinajstić information content (AvgIpc) is 3.77. The van der Waals surface area contributed by atoms with Crippen LogP contribution >= 0.6 is 22.7 Å². The predicted molar refractivity (Wildman–Crippen MR) is 200 cm³/mol. The summed E-state index contributed by atoms with van der Waals surface area (Å²) in [6.45, 7) is 7.96. The fraction of sp³-hybridized carbons (Fsp3) is 0.286. The predicted octanol–water partition coefficient (Wildman–Crippen LogP) is 6.81. The highest BCUT2D eigenvalue weighted by atomic mass is 32.2. The molecule has 0 fully saturated rings. The van der Waals surface area contributed by atoms with E-state index < -0.39 is 54.5 Å². The summed E-state index contributed by atoms with van der Waals surface area (Å²) in [5.74, 6) is -3.25. The molecule has 51 heavy (non-hydrogen) atoms. The van der Waals surface area contributed by atoms with Gasteiger partial charge in [0.1, 0.15) is 6.54 Å². The molecule has 6 rings (SSSR count). The van der Waals surface area contributed by atoms with Gasteiger partial charge in [0.05, 0.1) is 48.5 Å². The van der Waals surface area contributed by atoms with Gasteiger partial charge in [0.2, 0.25) is 5.69 Å². The maximum absolute atomic E-state index is 12.3. The molecular formula is C35H35N2O10S4+. The highest BCUT2D eigenvalue weighted by molar-refractivity contribution is 7.86. The lowest BCUT2D eigenvalue weighted by Crippen LogP contribution is -2.28. The second-order valence-electron chi connectivity index (χ2n) is 13.4. The van der Waals surface area contributed by atoms with E-state index >= 15 is 0 Å². The molecule has 2 aromatic heterocycles. The minimum atomic E-state index is -4.32. The number of nitrogens with zero attached hydrogens (tertiary/aromatic N) is 2. The molecule has 0 radical (unpaired) electrons. The number of hydrogen-bond acceptors (Lipinski definition) is 9. The molecule has 2 aliphatic rings. The molecule has 0 aliphatic carbocycles. The van der Waals surface area contributed by atoms with Gasteiger partial charge in [0, 0.05) is 40.8 Å². The van der Waals surface area contributed by atoms with Crippen molar-refractivity contribution in [1.82, 2.24) is 0 Å². The average molecular weight is 772 g/mol. The Kier molecular flexibility index (Phi) is 9.18. The summed E-state index contributed by atoms with van der Waals surface area (Å²) in [5.41, 5.74) is 3.09. The molecule has 0 amide bonds. The van der Waals surface area contributed by atoms with E-state index in [1.165, 1.54) is 28.7 Å². The van der Waals surface area contributed by atoms with Crippen LogP contribution in [-0.4, -0.2) is 76.4 Å². The summed E-state index contributed by atoms with van der Waals surface area (Å²) in [5, 5.41) is 25.1. The van der Waals surface area contributed by atoms with Crippen LogP contribution in [0.15, 0.2) is 71.2 Å². The summed E-state index contributed by atoms with van der Waals surface area (Å²) in [7, 11) is -8.56. The first-order valence-corrected chi connectivity index (χ1v) is 20.7. The molecule has 0 saturated carbocycles. The van der Waals surface area contributed by atoms with Crippen LogP contribution in [0.3, 0.4) is 0 Å². The summed E-state index contributed by atoms with van der Waals surface area (Å²) >= 11 is 2.58. The zero-order valence-corrected chi connectivity index (χ0v) is 31.2. The lowest BCUT2D eigenvalue weighted by Gasteiger charge is -2.24. The van der Waals surface area contributed by atoms with Crippen molar-refractivity contribution < 1.29 is 50.3 Å². The van der Waals surface area contributed by atoms with Gasteiger partial charge in [0.15, 0.2) is 5.71 Å². The first-order chi connectivity index (χ1) is 23.7. The van der Waals surface area contributed by atoms with Crippen LogP contribution in [0.1, 0.15) is 66.0 Å². The number of hydrogen-bond donors (Lipinski definition) is 4. The van der Waals surface area contributed by atoms with Crippen molar-refractivity contribution in [3.63, 3.8) is 0 Å². The molecule has 4 N–H and O–H groups in total. The normalized spacial score (nSPS) is 17.8. The van der Waals surface area contributed by atoms with Crippen LogP contribution in [0, 0.1) is 0 Å². The molecule has 268 valence electrons. The van der Waals surface area contributed by atoms with Crippen molar-refractivity contribution in [1.29, 1.82) is 0 Å². The topological polar surface area (TPSA) is 190 Å². The number of thiophene rings is 2. The third-order valence-electron chi connectivity index (χ3n) is 9.42. The van der Waals surface area contributed by atoms with Gasteiger partial charge in [-0.05, 0) is 60.5 Å². The number of anilines is 1. The maximum Gasteiger partial charge on any atom is 0.337 e. The quantitative estimate of drug-likeness (QED) is 0.0927. The minimum Gasteiger partial charge on any atom is -0.478 e. The summed E-state index contributed by atoms with van der Waals surface area (Å²) in [4.78, 5) is 26.4. The molecule has 0 bridgehead atoms. The SMILES string of the molecule is CC1(C)C(/C=C/C=C2/N(/C=C/CS(=O)(=O)O)c3c(cc(C(=O)O)c4sccc34)C2(C)C)=[N+](CCCS(=O)(=O)O)c2c1cc(C(=O)O)c1sccc21. The monoisotopic (exact) mass is 771 g/mol. The van der Waals surface area contributed by atoms with Crippen LogP contribution in [0.2, 0.25) is 0 Å². The molecule has 0 saturated heterocycles. The number of carboxylic acid groups (broad SMARTS) is 2. The first kappa shape index (κ1) is 36.6. The van der Waals surface area contributed by atoms with Crippen molar-refractivity contribution in [2.24, 2.45) is 0 Å². The van der Waals surface area contributed by atoms with Gasteiger partial charge < -0.3 is 15.1 Å². The molecule has 0 unspecified atom stereocenters. The molecular weight excluding hydrogens is 737 g/mol. The highest BCUT2D eigenvalue weighted by Gasteiger charge is 2.47. The van der Waals surface area contributed by atoms with E-state index in [2.05, 4.69) is 0 Å². The van der Waals surface area contributed by atoms with E-state index in [9.17, 15) is 45.7 Å². The van der Waals surface area contributed by atoms with Crippen molar-refractivity contribution in [3.05, 3.63) is 93.5 Å². The second kappa shape index (κ2) is 12.8.